The third kappa shape index (κ3) is 3.03. The predicted octanol–water partition coefficient (Wildman–Crippen LogP) is 1.71. The SMILES string of the molecule is CCOC(=O)c1cnn(C2CCNCC2)c1C.Cl. The van der Waals surface area contributed by atoms with Gasteiger partial charge >= 0.3 is 5.97 Å². The zero-order valence-corrected chi connectivity index (χ0v) is 11.6. The van der Waals surface area contributed by atoms with Crippen LogP contribution in [0.1, 0.15) is 41.9 Å². The quantitative estimate of drug-likeness (QED) is 0.852. The Balaban J connectivity index is 0.00000162. The highest BCUT2D eigenvalue weighted by atomic mass is 35.5. The maximum Gasteiger partial charge on any atom is 0.341 e. The molecule has 1 aromatic rings. The van der Waals surface area contributed by atoms with E-state index in [-0.39, 0.29) is 18.4 Å². The van der Waals surface area contributed by atoms with Crippen LogP contribution in [0.3, 0.4) is 0 Å². The van der Waals surface area contributed by atoms with E-state index in [1.165, 1.54) is 0 Å². The third-order valence-electron chi connectivity index (χ3n) is 3.19. The molecule has 18 heavy (non-hydrogen) atoms. The second kappa shape index (κ2) is 6.75. The number of hydrogen-bond acceptors (Lipinski definition) is 4. The van der Waals surface area contributed by atoms with Crippen LogP contribution in [0.5, 0.6) is 0 Å². The van der Waals surface area contributed by atoms with E-state index in [4.69, 9.17) is 4.74 Å². The van der Waals surface area contributed by atoms with Crippen LogP contribution < -0.4 is 5.32 Å². The van der Waals surface area contributed by atoms with Crippen molar-refractivity contribution >= 4 is 18.4 Å². The first-order chi connectivity index (χ1) is 8.24. The van der Waals surface area contributed by atoms with Crippen LogP contribution in [0, 0.1) is 6.92 Å². The number of aromatic nitrogens is 2. The first-order valence-corrected chi connectivity index (χ1v) is 6.16. The lowest BCUT2D eigenvalue weighted by Gasteiger charge is -2.24. The molecule has 5 nitrogen and oxygen atoms in total. The number of nitrogens with one attached hydrogen (secondary N) is 1. The highest BCUT2D eigenvalue weighted by Gasteiger charge is 2.21. The van der Waals surface area contributed by atoms with Crippen molar-refractivity contribution in [2.75, 3.05) is 19.7 Å². The summed E-state index contributed by atoms with van der Waals surface area (Å²) in [5.74, 6) is -0.273. The fourth-order valence-corrected chi connectivity index (χ4v) is 2.25. The molecule has 0 unspecified atom stereocenters. The highest BCUT2D eigenvalue weighted by molar-refractivity contribution is 5.90. The summed E-state index contributed by atoms with van der Waals surface area (Å²) < 4.78 is 6.97. The molecule has 0 atom stereocenters. The van der Waals surface area contributed by atoms with E-state index in [1.807, 2.05) is 18.5 Å². The molecule has 6 heteroatoms. The zero-order chi connectivity index (χ0) is 12.3. The van der Waals surface area contributed by atoms with E-state index < -0.39 is 0 Å². The van der Waals surface area contributed by atoms with Gasteiger partial charge in [0.2, 0.25) is 0 Å². The largest absolute Gasteiger partial charge is 0.462 e. The number of esters is 1. The van der Waals surface area contributed by atoms with Gasteiger partial charge in [-0.05, 0) is 39.8 Å². The summed E-state index contributed by atoms with van der Waals surface area (Å²) in [7, 11) is 0. The molecule has 0 aromatic carbocycles. The summed E-state index contributed by atoms with van der Waals surface area (Å²) in [6.07, 6.45) is 3.74. The van der Waals surface area contributed by atoms with Crippen molar-refractivity contribution in [1.82, 2.24) is 15.1 Å². The maximum atomic E-state index is 11.7. The molecule has 1 N–H and O–H groups in total. The van der Waals surface area contributed by atoms with Crippen molar-refractivity contribution < 1.29 is 9.53 Å². The van der Waals surface area contributed by atoms with Gasteiger partial charge in [-0.3, -0.25) is 4.68 Å². The normalized spacial score (nSPS) is 16.1. The summed E-state index contributed by atoms with van der Waals surface area (Å²) in [5, 5.41) is 7.65. The Morgan fingerprint density at radius 1 is 1.56 bits per heavy atom. The van der Waals surface area contributed by atoms with Crippen LogP contribution >= 0.6 is 12.4 Å². The molecule has 1 aliphatic heterocycles. The number of piperidine rings is 1. The Morgan fingerprint density at radius 2 is 2.22 bits per heavy atom. The number of rotatable bonds is 3. The van der Waals surface area contributed by atoms with Gasteiger partial charge in [-0.2, -0.15) is 5.10 Å². The summed E-state index contributed by atoms with van der Waals surface area (Å²) in [5.41, 5.74) is 1.50. The van der Waals surface area contributed by atoms with E-state index >= 15 is 0 Å². The average Bonchev–Trinajstić information content (AvgIpc) is 2.72. The van der Waals surface area contributed by atoms with Gasteiger partial charge in [0.05, 0.1) is 24.5 Å². The van der Waals surface area contributed by atoms with Gasteiger partial charge in [-0.15, -0.1) is 12.4 Å². The Bertz CT molecular complexity index is 400. The minimum atomic E-state index is -0.273. The number of ether oxygens (including phenoxy) is 1. The van der Waals surface area contributed by atoms with E-state index in [1.54, 1.807) is 6.20 Å². The molecule has 1 aliphatic rings. The molecule has 0 bridgehead atoms. The van der Waals surface area contributed by atoms with Gasteiger partial charge in [0, 0.05) is 0 Å². The molecule has 2 heterocycles. The van der Waals surface area contributed by atoms with Crippen LogP contribution in [-0.4, -0.2) is 35.4 Å². The van der Waals surface area contributed by atoms with Crippen molar-refractivity contribution in [3.8, 4) is 0 Å². The molecule has 0 spiro atoms. The molecule has 1 saturated heterocycles. The van der Waals surface area contributed by atoms with Crippen molar-refractivity contribution in [3.63, 3.8) is 0 Å². The molecule has 1 fully saturated rings. The molecule has 0 radical (unpaired) electrons. The van der Waals surface area contributed by atoms with Crippen LogP contribution in [0.15, 0.2) is 6.20 Å². The summed E-state index contributed by atoms with van der Waals surface area (Å²) in [6, 6.07) is 0.402. The number of hydrogen-bond donors (Lipinski definition) is 1. The fourth-order valence-electron chi connectivity index (χ4n) is 2.25. The standard InChI is InChI=1S/C12H19N3O2.ClH/c1-3-17-12(16)11-8-14-15(9(11)2)10-4-6-13-7-5-10;/h8,10,13H,3-7H2,1-2H3;1H. The fraction of sp³-hybridized carbons (Fsp3) is 0.667. The Kier molecular flexibility index (Phi) is 5.62. The highest BCUT2D eigenvalue weighted by Crippen LogP contribution is 2.21. The smallest absolute Gasteiger partial charge is 0.341 e. The van der Waals surface area contributed by atoms with Crippen molar-refractivity contribution in [3.05, 3.63) is 17.5 Å². The van der Waals surface area contributed by atoms with Gasteiger partial charge in [0.15, 0.2) is 0 Å². The van der Waals surface area contributed by atoms with E-state index in [0.29, 0.717) is 18.2 Å². The van der Waals surface area contributed by atoms with E-state index in [0.717, 1.165) is 31.6 Å². The first-order valence-electron chi connectivity index (χ1n) is 6.16. The molecular formula is C12H20ClN3O2. The van der Waals surface area contributed by atoms with Gasteiger partial charge < -0.3 is 10.1 Å². The van der Waals surface area contributed by atoms with Gasteiger partial charge in [0.25, 0.3) is 0 Å². The van der Waals surface area contributed by atoms with Crippen LogP contribution in [0.4, 0.5) is 0 Å². The maximum absolute atomic E-state index is 11.7. The van der Waals surface area contributed by atoms with Gasteiger partial charge in [-0.25, -0.2) is 4.79 Å². The van der Waals surface area contributed by atoms with Crippen molar-refractivity contribution in [2.24, 2.45) is 0 Å². The second-order valence-electron chi connectivity index (χ2n) is 4.29. The Morgan fingerprint density at radius 3 is 2.83 bits per heavy atom. The molecule has 102 valence electrons. The molecule has 0 aliphatic carbocycles. The molecule has 0 saturated carbocycles. The Hall–Kier alpha value is -1.07. The lowest BCUT2D eigenvalue weighted by Crippen LogP contribution is -2.30. The summed E-state index contributed by atoms with van der Waals surface area (Å²) >= 11 is 0. The average molecular weight is 274 g/mol. The molecule has 0 amide bonds. The van der Waals surface area contributed by atoms with Crippen molar-refractivity contribution in [1.29, 1.82) is 0 Å². The van der Waals surface area contributed by atoms with E-state index in [2.05, 4.69) is 10.4 Å². The van der Waals surface area contributed by atoms with Crippen molar-refractivity contribution in [2.45, 2.75) is 32.7 Å². The zero-order valence-electron chi connectivity index (χ0n) is 10.8. The van der Waals surface area contributed by atoms with E-state index in [9.17, 15) is 4.79 Å². The predicted molar refractivity (Wildman–Crippen MR) is 71.3 cm³/mol. The monoisotopic (exact) mass is 273 g/mol. The number of nitrogens with zero attached hydrogens (tertiary/aromatic N) is 2. The third-order valence-corrected chi connectivity index (χ3v) is 3.19. The molecular weight excluding hydrogens is 254 g/mol. The Labute approximate surface area is 113 Å². The lowest BCUT2D eigenvalue weighted by molar-refractivity contribution is 0.0525. The number of carbonyl (C=O) groups excluding carboxylic acids is 1. The minimum Gasteiger partial charge on any atom is -0.462 e. The topological polar surface area (TPSA) is 56.1 Å². The lowest BCUT2D eigenvalue weighted by atomic mass is 10.1. The van der Waals surface area contributed by atoms with Crippen LogP contribution in [-0.2, 0) is 4.74 Å². The first kappa shape index (κ1) is 15.0. The summed E-state index contributed by atoms with van der Waals surface area (Å²) in [4.78, 5) is 11.7. The van der Waals surface area contributed by atoms with Crippen LogP contribution in [0.25, 0.3) is 0 Å². The molecule has 1 aromatic heterocycles. The van der Waals surface area contributed by atoms with Gasteiger partial charge in [-0.1, -0.05) is 0 Å². The van der Waals surface area contributed by atoms with Crippen LogP contribution in [0.2, 0.25) is 0 Å². The second-order valence-corrected chi connectivity index (χ2v) is 4.29. The minimum absolute atomic E-state index is 0. The van der Waals surface area contributed by atoms with Gasteiger partial charge in [0.1, 0.15) is 5.56 Å². The summed E-state index contributed by atoms with van der Waals surface area (Å²) in [6.45, 7) is 6.17. The number of carbonyl (C=O) groups is 1. The molecule has 2 rings (SSSR count). The number of halogens is 1.